The molecule has 7 heteroatoms. The molecule has 0 aliphatic carbocycles. The van der Waals surface area contributed by atoms with Gasteiger partial charge in [-0.25, -0.2) is 4.98 Å². The second kappa shape index (κ2) is 8.75. The van der Waals surface area contributed by atoms with Crippen LogP contribution in [-0.4, -0.2) is 27.2 Å². The summed E-state index contributed by atoms with van der Waals surface area (Å²) in [6, 6.07) is 16.3. The zero-order valence-electron chi connectivity index (χ0n) is 16.3. The average molecular weight is 417 g/mol. The smallest absolute Gasteiger partial charge is 0.246 e. The van der Waals surface area contributed by atoms with Crippen LogP contribution in [0.1, 0.15) is 12.5 Å². The third-order valence-corrected chi connectivity index (χ3v) is 5.29. The number of benzene rings is 2. The molecule has 1 atom stereocenters. The van der Waals surface area contributed by atoms with Crippen molar-refractivity contribution in [1.29, 1.82) is 0 Å². The van der Waals surface area contributed by atoms with Gasteiger partial charge in [-0.2, -0.15) is 0 Å². The topological polar surface area (TPSA) is 75.5 Å². The summed E-state index contributed by atoms with van der Waals surface area (Å²) < 4.78 is 1.98. The summed E-state index contributed by atoms with van der Waals surface area (Å²) in [7, 11) is 0. The fraction of sp³-hybridized carbons (Fsp3) is 0.0870. The van der Waals surface area contributed by atoms with Crippen molar-refractivity contribution in [3.8, 4) is 11.3 Å². The Morgan fingerprint density at radius 2 is 1.87 bits per heavy atom. The number of hydrogen-bond acceptors (Lipinski definition) is 4. The van der Waals surface area contributed by atoms with Crippen LogP contribution >= 0.6 is 11.3 Å². The molecule has 0 spiro atoms. The van der Waals surface area contributed by atoms with Crippen LogP contribution in [0.4, 0.5) is 5.69 Å². The molecule has 2 amide bonds. The fourth-order valence-corrected chi connectivity index (χ4v) is 3.60. The monoisotopic (exact) mass is 416 g/mol. The number of amides is 2. The third-order valence-electron chi connectivity index (χ3n) is 4.52. The van der Waals surface area contributed by atoms with Gasteiger partial charge in [-0.05, 0) is 30.7 Å². The van der Waals surface area contributed by atoms with Gasteiger partial charge in [-0.15, -0.1) is 11.3 Å². The van der Waals surface area contributed by atoms with Gasteiger partial charge in [0.2, 0.25) is 11.8 Å². The van der Waals surface area contributed by atoms with Crippen molar-refractivity contribution in [3.63, 3.8) is 0 Å². The van der Waals surface area contributed by atoms with E-state index in [-0.39, 0.29) is 11.8 Å². The number of nitrogens with zero attached hydrogens (tertiary/aromatic N) is 2. The van der Waals surface area contributed by atoms with Gasteiger partial charge in [0.15, 0.2) is 4.96 Å². The Bertz CT molecular complexity index is 1160. The molecule has 1 unspecified atom stereocenters. The van der Waals surface area contributed by atoms with Crippen molar-refractivity contribution < 1.29 is 9.59 Å². The Balaban J connectivity index is 1.33. The van der Waals surface area contributed by atoms with Gasteiger partial charge < -0.3 is 10.6 Å². The first-order valence-corrected chi connectivity index (χ1v) is 10.3. The number of carbonyl (C=O) groups is 2. The highest BCUT2D eigenvalue weighted by Gasteiger charge is 2.14. The Labute approximate surface area is 177 Å². The highest BCUT2D eigenvalue weighted by Crippen LogP contribution is 2.23. The lowest BCUT2D eigenvalue weighted by atomic mass is 10.1. The zero-order valence-corrected chi connectivity index (χ0v) is 17.1. The normalized spacial score (nSPS) is 12.2. The Hall–Kier alpha value is -3.71. The van der Waals surface area contributed by atoms with Gasteiger partial charge in [0.05, 0.1) is 5.69 Å². The predicted octanol–water partition coefficient (Wildman–Crippen LogP) is 4.22. The van der Waals surface area contributed by atoms with E-state index in [4.69, 9.17) is 0 Å². The SMILES string of the molecule is CC(NC(=O)/C=C/c1ccccc1)C(=O)Nc1ccc(-c2cn3ccsc3n2)cc1. The molecule has 30 heavy (non-hydrogen) atoms. The van der Waals surface area contributed by atoms with Gasteiger partial charge in [0.1, 0.15) is 6.04 Å². The van der Waals surface area contributed by atoms with E-state index >= 15 is 0 Å². The maximum Gasteiger partial charge on any atom is 0.246 e. The maximum absolute atomic E-state index is 12.4. The van der Waals surface area contributed by atoms with E-state index in [9.17, 15) is 9.59 Å². The molecule has 4 rings (SSSR count). The van der Waals surface area contributed by atoms with Crippen LogP contribution in [0.25, 0.3) is 22.3 Å². The summed E-state index contributed by atoms with van der Waals surface area (Å²) in [6.07, 6.45) is 7.07. The summed E-state index contributed by atoms with van der Waals surface area (Å²) in [6.45, 7) is 1.65. The first-order valence-electron chi connectivity index (χ1n) is 9.45. The van der Waals surface area contributed by atoms with E-state index in [1.807, 2.05) is 76.8 Å². The van der Waals surface area contributed by atoms with Gasteiger partial charge >= 0.3 is 0 Å². The first-order chi connectivity index (χ1) is 14.6. The molecule has 0 saturated heterocycles. The number of fused-ring (bicyclic) bond motifs is 1. The molecule has 2 heterocycles. The minimum absolute atomic E-state index is 0.285. The molecule has 6 nitrogen and oxygen atoms in total. The van der Waals surface area contributed by atoms with Crippen molar-refractivity contribution in [3.05, 3.63) is 84.0 Å². The number of imidazole rings is 1. The second-order valence-corrected chi connectivity index (χ2v) is 7.63. The number of anilines is 1. The van der Waals surface area contributed by atoms with Crippen LogP contribution in [0.15, 0.2) is 78.4 Å². The molecule has 0 aliphatic heterocycles. The molecular weight excluding hydrogens is 396 g/mol. The lowest BCUT2D eigenvalue weighted by Crippen LogP contribution is -2.40. The quantitative estimate of drug-likeness (QED) is 0.462. The lowest BCUT2D eigenvalue weighted by molar-refractivity contribution is -0.123. The van der Waals surface area contributed by atoms with Crippen LogP contribution < -0.4 is 10.6 Å². The van der Waals surface area contributed by atoms with E-state index < -0.39 is 6.04 Å². The summed E-state index contributed by atoms with van der Waals surface area (Å²) in [4.78, 5) is 30.0. The molecule has 0 saturated carbocycles. The minimum Gasteiger partial charge on any atom is -0.341 e. The number of carbonyl (C=O) groups excluding carboxylic acids is 2. The van der Waals surface area contributed by atoms with Crippen LogP contribution in [0.2, 0.25) is 0 Å². The van der Waals surface area contributed by atoms with Crippen molar-refractivity contribution >= 4 is 39.9 Å². The molecule has 0 radical (unpaired) electrons. The van der Waals surface area contributed by atoms with Gasteiger partial charge in [-0.3, -0.25) is 14.0 Å². The van der Waals surface area contributed by atoms with E-state index in [1.54, 1.807) is 24.3 Å². The van der Waals surface area contributed by atoms with Crippen molar-refractivity contribution in [2.45, 2.75) is 13.0 Å². The highest BCUT2D eigenvalue weighted by molar-refractivity contribution is 7.15. The Morgan fingerprint density at radius 1 is 1.10 bits per heavy atom. The number of nitrogens with one attached hydrogen (secondary N) is 2. The summed E-state index contributed by atoms with van der Waals surface area (Å²) >= 11 is 1.58. The lowest BCUT2D eigenvalue weighted by Gasteiger charge is -2.13. The van der Waals surface area contributed by atoms with E-state index in [1.165, 1.54) is 6.08 Å². The minimum atomic E-state index is -0.669. The predicted molar refractivity (Wildman–Crippen MR) is 120 cm³/mol. The molecule has 4 aromatic rings. The second-order valence-electron chi connectivity index (χ2n) is 6.76. The van der Waals surface area contributed by atoms with Crippen molar-refractivity contribution in [1.82, 2.24) is 14.7 Å². The molecule has 0 aliphatic rings. The number of rotatable bonds is 6. The van der Waals surface area contributed by atoms with Crippen molar-refractivity contribution in [2.75, 3.05) is 5.32 Å². The number of thiazole rings is 1. The maximum atomic E-state index is 12.4. The first kappa shape index (κ1) is 19.6. The molecular formula is C23H20N4O2S. The third kappa shape index (κ3) is 4.64. The van der Waals surface area contributed by atoms with Gasteiger partial charge in [0.25, 0.3) is 0 Å². The van der Waals surface area contributed by atoms with Gasteiger partial charge in [0, 0.05) is 35.1 Å². The average Bonchev–Trinajstić information content (AvgIpc) is 3.36. The zero-order chi connectivity index (χ0) is 20.9. The molecule has 0 fully saturated rings. The van der Waals surface area contributed by atoms with Gasteiger partial charge in [-0.1, -0.05) is 42.5 Å². The Morgan fingerprint density at radius 3 is 2.60 bits per heavy atom. The molecule has 2 aromatic carbocycles. The summed E-state index contributed by atoms with van der Waals surface area (Å²) in [5.74, 6) is -0.608. The van der Waals surface area contributed by atoms with E-state index in [0.717, 1.165) is 21.8 Å². The van der Waals surface area contributed by atoms with Crippen molar-refractivity contribution in [2.24, 2.45) is 0 Å². The number of aromatic nitrogens is 2. The van der Waals surface area contributed by atoms with Crippen LogP contribution in [0.5, 0.6) is 0 Å². The van der Waals surface area contributed by atoms with E-state index in [2.05, 4.69) is 15.6 Å². The van der Waals surface area contributed by atoms with Crippen LogP contribution in [0, 0.1) is 0 Å². The highest BCUT2D eigenvalue weighted by atomic mass is 32.1. The van der Waals surface area contributed by atoms with Crippen LogP contribution in [-0.2, 0) is 9.59 Å². The summed E-state index contributed by atoms with van der Waals surface area (Å²) in [5.41, 5.74) is 3.43. The standard InChI is InChI=1S/C23H20N4O2S/c1-16(24-21(28)12-7-17-5-3-2-4-6-17)22(29)25-19-10-8-18(9-11-19)20-15-27-13-14-30-23(27)26-20/h2-16H,1H3,(H,24,28)(H,25,29)/b12-7+. The summed E-state index contributed by atoms with van der Waals surface area (Å²) in [5, 5.41) is 7.48. The molecule has 150 valence electrons. The van der Waals surface area contributed by atoms with E-state index in [0.29, 0.717) is 5.69 Å². The Kier molecular flexibility index (Phi) is 5.72. The van der Waals surface area contributed by atoms with Crippen LogP contribution in [0.3, 0.4) is 0 Å². The number of hydrogen-bond donors (Lipinski definition) is 2. The molecule has 2 N–H and O–H groups in total. The molecule has 0 bridgehead atoms. The molecule has 2 aromatic heterocycles. The largest absolute Gasteiger partial charge is 0.341 e. The fourth-order valence-electron chi connectivity index (χ4n) is 2.90.